The first-order valence-corrected chi connectivity index (χ1v) is 7.54. The van der Waals surface area contributed by atoms with Crippen LogP contribution in [0, 0.1) is 0 Å². The summed E-state index contributed by atoms with van der Waals surface area (Å²) in [5.41, 5.74) is 0.532. The van der Waals surface area contributed by atoms with Crippen LogP contribution in [0.15, 0.2) is 16.9 Å². The van der Waals surface area contributed by atoms with Crippen molar-refractivity contribution in [1.29, 1.82) is 0 Å². The summed E-state index contributed by atoms with van der Waals surface area (Å²) in [4.78, 5) is 28.7. The average molecular weight is 330 g/mol. The molecule has 0 bridgehead atoms. The van der Waals surface area contributed by atoms with Crippen molar-refractivity contribution in [2.75, 3.05) is 13.4 Å². The molecule has 1 aliphatic rings. The van der Waals surface area contributed by atoms with E-state index in [1.54, 1.807) is 19.1 Å². The quantitative estimate of drug-likeness (QED) is 0.660. The lowest BCUT2D eigenvalue weighted by atomic mass is 10.2. The monoisotopic (exact) mass is 330 g/mol. The van der Waals surface area contributed by atoms with Crippen molar-refractivity contribution in [3.63, 3.8) is 0 Å². The van der Waals surface area contributed by atoms with Crippen molar-refractivity contribution < 1.29 is 19.0 Å². The largest absolute Gasteiger partial charge is 0.460 e. The summed E-state index contributed by atoms with van der Waals surface area (Å²) < 4.78 is 18.3. The van der Waals surface area contributed by atoms with E-state index >= 15 is 0 Å². The van der Waals surface area contributed by atoms with Crippen LogP contribution in [0.1, 0.15) is 24.5 Å². The van der Waals surface area contributed by atoms with Gasteiger partial charge in [-0.15, -0.1) is 5.10 Å². The number of rotatable bonds is 3. The molecule has 0 saturated heterocycles. The Hall–Kier alpha value is -3.10. The van der Waals surface area contributed by atoms with Gasteiger partial charge < -0.3 is 14.2 Å². The third-order valence-electron chi connectivity index (χ3n) is 3.82. The smallest absolute Gasteiger partial charge is 0.378 e. The first kappa shape index (κ1) is 14.5. The fraction of sp³-hybridized carbons (Fsp3) is 0.333. The van der Waals surface area contributed by atoms with Crippen LogP contribution in [-0.4, -0.2) is 38.5 Å². The van der Waals surface area contributed by atoms with Gasteiger partial charge in [0.05, 0.1) is 12.1 Å². The molecule has 1 aromatic carbocycles. The van der Waals surface area contributed by atoms with Gasteiger partial charge in [-0.05, 0) is 19.9 Å². The lowest BCUT2D eigenvalue weighted by Crippen LogP contribution is -2.27. The number of benzene rings is 1. The van der Waals surface area contributed by atoms with E-state index in [2.05, 4.69) is 10.1 Å². The number of aryl methyl sites for hydroxylation is 1. The van der Waals surface area contributed by atoms with E-state index in [9.17, 15) is 9.59 Å². The highest BCUT2D eigenvalue weighted by Crippen LogP contribution is 2.36. The number of ether oxygens (including phenoxy) is 3. The fourth-order valence-corrected chi connectivity index (χ4v) is 2.76. The molecule has 2 aromatic heterocycles. The molecule has 0 unspecified atom stereocenters. The minimum Gasteiger partial charge on any atom is -0.460 e. The molecule has 0 N–H and O–H groups in total. The minimum absolute atomic E-state index is 0.124. The van der Waals surface area contributed by atoms with Gasteiger partial charge in [-0.1, -0.05) is 0 Å². The van der Waals surface area contributed by atoms with Crippen molar-refractivity contribution in [3.8, 4) is 11.5 Å². The molecule has 3 heterocycles. The Labute approximate surface area is 135 Å². The summed E-state index contributed by atoms with van der Waals surface area (Å²) in [6.07, 6.45) is 0. The van der Waals surface area contributed by atoms with Crippen molar-refractivity contribution in [2.24, 2.45) is 0 Å². The number of aromatic nitrogens is 4. The molecule has 0 radical (unpaired) electrons. The predicted molar refractivity (Wildman–Crippen MR) is 82.5 cm³/mol. The molecule has 124 valence electrons. The molecule has 0 spiro atoms. The van der Waals surface area contributed by atoms with Crippen LogP contribution in [0.4, 0.5) is 0 Å². The summed E-state index contributed by atoms with van der Waals surface area (Å²) in [5, 5.41) is 4.65. The van der Waals surface area contributed by atoms with Gasteiger partial charge in [0.15, 0.2) is 17.1 Å². The summed E-state index contributed by atoms with van der Waals surface area (Å²) in [6.45, 7) is 4.29. The van der Waals surface area contributed by atoms with Crippen LogP contribution in [0.3, 0.4) is 0 Å². The second kappa shape index (κ2) is 5.22. The van der Waals surface area contributed by atoms with Gasteiger partial charge in [0.2, 0.25) is 6.79 Å². The molecule has 1 aliphatic heterocycles. The maximum Gasteiger partial charge on any atom is 0.378 e. The Kier molecular flexibility index (Phi) is 3.15. The van der Waals surface area contributed by atoms with E-state index in [0.29, 0.717) is 28.9 Å². The van der Waals surface area contributed by atoms with Gasteiger partial charge in [0.1, 0.15) is 0 Å². The van der Waals surface area contributed by atoms with Gasteiger partial charge in [0, 0.05) is 18.0 Å². The molecule has 0 atom stereocenters. The van der Waals surface area contributed by atoms with Crippen molar-refractivity contribution >= 4 is 22.5 Å². The Morgan fingerprint density at radius 1 is 1.29 bits per heavy atom. The maximum atomic E-state index is 12.7. The highest BCUT2D eigenvalue weighted by molar-refractivity contribution is 5.95. The van der Waals surface area contributed by atoms with Crippen LogP contribution in [-0.2, 0) is 11.3 Å². The zero-order valence-electron chi connectivity index (χ0n) is 13.1. The number of carbonyl (C=O) groups excluding carboxylic acids is 1. The molecule has 0 amide bonds. The Bertz CT molecular complexity index is 1040. The van der Waals surface area contributed by atoms with Crippen molar-refractivity contribution in [3.05, 3.63) is 28.4 Å². The third kappa shape index (κ3) is 1.94. The number of hydrogen-bond acceptors (Lipinski definition) is 7. The standard InChI is InChI=1S/C15H14N4O5/c1-3-18-9-6-11-10(23-7-24-11)5-8(9)13-16-12(14(20)22-4-2)17-19(13)15(18)21/h5-6H,3-4,7H2,1-2H3. The van der Waals surface area contributed by atoms with Gasteiger partial charge in [-0.2, -0.15) is 4.52 Å². The lowest BCUT2D eigenvalue weighted by molar-refractivity contribution is 0.0512. The predicted octanol–water partition coefficient (Wildman–Crippen LogP) is 0.969. The van der Waals surface area contributed by atoms with Crippen LogP contribution >= 0.6 is 0 Å². The molecule has 4 rings (SSSR count). The normalized spacial score (nSPS) is 12.9. The first-order valence-electron chi connectivity index (χ1n) is 7.54. The SMILES string of the molecule is CCOC(=O)c1nc2c3cc4c(cc3n(CC)c(=O)n2n1)OCO4. The van der Waals surface area contributed by atoms with Crippen molar-refractivity contribution in [1.82, 2.24) is 19.2 Å². The number of fused-ring (bicyclic) bond motifs is 4. The fourth-order valence-electron chi connectivity index (χ4n) is 2.76. The topological polar surface area (TPSA) is 97.0 Å². The second-order valence-corrected chi connectivity index (χ2v) is 5.14. The molecular formula is C15H14N4O5. The van der Waals surface area contributed by atoms with Crippen LogP contribution in [0.25, 0.3) is 16.6 Å². The molecule has 0 saturated carbocycles. The van der Waals surface area contributed by atoms with Gasteiger partial charge in [0.25, 0.3) is 5.82 Å². The summed E-state index contributed by atoms with van der Waals surface area (Å²) in [6, 6.07) is 3.48. The van der Waals surface area contributed by atoms with E-state index in [4.69, 9.17) is 14.2 Å². The second-order valence-electron chi connectivity index (χ2n) is 5.14. The summed E-state index contributed by atoms with van der Waals surface area (Å²) in [5.74, 6) is 0.310. The van der Waals surface area contributed by atoms with Crippen LogP contribution in [0.5, 0.6) is 11.5 Å². The van der Waals surface area contributed by atoms with E-state index in [1.807, 2.05) is 6.92 Å². The third-order valence-corrected chi connectivity index (χ3v) is 3.82. The van der Waals surface area contributed by atoms with E-state index in [0.717, 1.165) is 4.52 Å². The minimum atomic E-state index is -0.669. The number of nitrogens with zero attached hydrogens (tertiary/aromatic N) is 4. The lowest BCUT2D eigenvalue weighted by Gasteiger charge is -2.09. The average Bonchev–Trinajstić information content (AvgIpc) is 3.21. The van der Waals surface area contributed by atoms with E-state index in [1.165, 1.54) is 4.57 Å². The molecule has 24 heavy (non-hydrogen) atoms. The molecule has 9 heteroatoms. The van der Waals surface area contributed by atoms with Gasteiger partial charge >= 0.3 is 11.7 Å². The Morgan fingerprint density at radius 2 is 2.04 bits per heavy atom. The summed E-state index contributed by atoms with van der Waals surface area (Å²) >= 11 is 0. The number of esters is 1. The molecule has 3 aromatic rings. The number of hydrogen-bond donors (Lipinski definition) is 0. The van der Waals surface area contributed by atoms with E-state index < -0.39 is 5.97 Å². The zero-order valence-corrected chi connectivity index (χ0v) is 13.1. The van der Waals surface area contributed by atoms with Gasteiger partial charge in [-0.3, -0.25) is 4.57 Å². The van der Waals surface area contributed by atoms with Crippen LogP contribution < -0.4 is 15.2 Å². The Balaban J connectivity index is 2.08. The zero-order chi connectivity index (χ0) is 16.8. The van der Waals surface area contributed by atoms with E-state index in [-0.39, 0.29) is 30.6 Å². The summed E-state index contributed by atoms with van der Waals surface area (Å²) in [7, 11) is 0. The Morgan fingerprint density at radius 3 is 2.75 bits per heavy atom. The number of carbonyl (C=O) groups is 1. The molecule has 0 fully saturated rings. The highest BCUT2D eigenvalue weighted by Gasteiger charge is 2.22. The highest BCUT2D eigenvalue weighted by atomic mass is 16.7. The molecule has 9 nitrogen and oxygen atoms in total. The maximum absolute atomic E-state index is 12.7. The first-order chi connectivity index (χ1) is 11.6. The van der Waals surface area contributed by atoms with Gasteiger partial charge in [-0.25, -0.2) is 14.6 Å². The molecule has 0 aliphatic carbocycles. The van der Waals surface area contributed by atoms with Crippen molar-refractivity contribution in [2.45, 2.75) is 20.4 Å². The van der Waals surface area contributed by atoms with Crippen LogP contribution in [0.2, 0.25) is 0 Å². The molecular weight excluding hydrogens is 316 g/mol.